The van der Waals surface area contributed by atoms with Crippen molar-refractivity contribution in [1.29, 1.82) is 10.5 Å². The molecule has 1 N–H and O–H groups in total. The van der Waals surface area contributed by atoms with Crippen molar-refractivity contribution in [1.82, 2.24) is 9.78 Å². The number of aromatic nitrogens is 2. The van der Waals surface area contributed by atoms with Crippen molar-refractivity contribution in [3.05, 3.63) is 68.8 Å². The van der Waals surface area contributed by atoms with Crippen molar-refractivity contribution < 1.29 is 29.0 Å². The van der Waals surface area contributed by atoms with E-state index < -0.39 is 42.2 Å². The third kappa shape index (κ3) is 4.97. The summed E-state index contributed by atoms with van der Waals surface area (Å²) in [5.41, 5.74) is -0.940. The van der Waals surface area contributed by atoms with Gasteiger partial charge in [-0.1, -0.05) is 54.8 Å². The SMILES string of the molecule is COC(=O)C1(c2c(C#N)nn(-c3c(Cl)cc(S(F)(F)(F)(F)F)cc3Cl)c2NCc2cccc(C#N)c2)CC1. The Bertz CT molecular complexity index is 1550. The summed E-state index contributed by atoms with van der Waals surface area (Å²) in [6.07, 6.45) is 0.562. The molecule has 1 fully saturated rings. The van der Waals surface area contributed by atoms with Crippen LogP contribution in [0.25, 0.3) is 5.69 Å². The molecule has 38 heavy (non-hydrogen) atoms. The van der Waals surface area contributed by atoms with E-state index in [0.717, 1.165) is 11.8 Å². The van der Waals surface area contributed by atoms with E-state index in [1.807, 2.05) is 12.1 Å². The van der Waals surface area contributed by atoms with Gasteiger partial charge in [-0.05, 0) is 42.7 Å². The van der Waals surface area contributed by atoms with E-state index >= 15 is 0 Å². The molecular formula is C23H16Cl2F5N5O2S. The maximum atomic E-state index is 13.4. The Morgan fingerprint density at radius 3 is 2.26 bits per heavy atom. The molecule has 0 radical (unpaired) electrons. The number of anilines is 1. The topological polar surface area (TPSA) is 104 Å². The van der Waals surface area contributed by atoms with Crippen molar-refractivity contribution in [2.45, 2.75) is 29.7 Å². The maximum Gasteiger partial charge on any atom is 0.316 e. The van der Waals surface area contributed by atoms with E-state index in [1.54, 1.807) is 24.3 Å². The fourth-order valence-electron chi connectivity index (χ4n) is 4.06. The van der Waals surface area contributed by atoms with Crippen LogP contribution in [-0.4, -0.2) is 22.9 Å². The summed E-state index contributed by atoms with van der Waals surface area (Å²) >= 11 is 12.1. The van der Waals surface area contributed by atoms with Gasteiger partial charge in [-0.3, -0.25) is 4.79 Å². The van der Waals surface area contributed by atoms with Crippen LogP contribution in [0.15, 0.2) is 41.3 Å². The van der Waals surface area contributed by atoms with E-state index in [0.29, 0.717) is 11.1 Å². The van der Waals surface area contributed by atoms with Gasteiger partial charge in [0.25, 0.3) is 0 Å². The highest BCUT2D eigenvalue weighted by Crippen LogP contribution is 3.02. The fraction of sp³-hybridized carbons (Fsp3) is 0.217. The van der Waals surface area contributed by atoms with E-state index in [4.69, 9.17) is 33.2 Å². The molecule has 1 aliphatic rings. The Labute approximate surface area is 223 Å². The second kappa shape index (κ2) is 8.50. The molecule has 1 aliphatic carbocycles. The number of carbonyl (C=O) groups is 1. The molecule has 4 rings (SSSR count). The van der Waals surface area contributed by atoms with Crippen molar-refractivity contribution in [2.24, 2.45) is 0 Å². The van der Waals surface area contributed by atoms with Crippen LogP contribution < -0.4 is 5.32 Å². The first-order valence-corrected chi connectivity index (χ1v) is 13.3. The molecule has 1 aromatic heterocycles. The van der Waals surface area contributed by atoms with Gasteiger partial charge in [0.2, 0.25) is 0 Å². The maximum absolute atomic E-state index is 13.4. The van der Waals surface area contributed by atoms with Crippen LogP contribution in [0.2, 0.25) is 10.0 Å². The third-order valence-electron chi connectivity index (χ3n) is 5.96. The number of hydrogen-bond donors (Lipinski definition) is 1. The lowest BCUT2D eigenvalue weighted by Crippen LogP contribution is -2.24. The van der Waals surface area contributed by atoms with Crippen LogP contribution in [0.3, 0.4) is 0 Å². The summed E-state index contributed by atoms with van der Waals surface area (Å²) in [7, 11) is -8.97. The molecule has 0 saturated heterocycles. The first-order chi connectivity index (χ1) is 17.5. The van der Waals surface area contributed by atoms with Gasteiger partial charge in [-0.2, -0.15) is 15.6 Å². The smallest absolute Gasteiger partial charge is 0.316 e. The Morgan fingerprint density at radius 2 is 1.76 bits per heavy atom. The molecule has 1 heterocycles. The molecular weight excluding hydrogens is 576 g/mol. The van der Waals surface area contributed by atoms with Gasteiger partial charge in [-0.15, -0.1) is 0 Å². The van der Waals surface area contributed by atoms with Crippen LogP contribution in [0.5, 0.6) is 0 Å². The highest BCUT2D eigenvalue weighted by molar-refractivity contribution is 8.45. The van der Waals surface area contributed by atoms with Crippen molar-refractivity contribution >= 4 is 45.2 Å². The summed E-state index contributed by atoms with van der Waals surface area (Å²) in [5.74, 6) is -0.702. The number of benzene rings is 2. The standard InChI is InChI=1S/C23H16Cl2F5N5O2S/c1-37-22(36)23(5-6-23)19-18(11-32)34-35(21(19)33-12-14-4-2-3-13(7-14)10-31)20-16(24)8-15(9-17(20)25)38(26,27,28,29)30/h2-4,7-9,33H,5-6,12H2,1H3. The number of rotatable bonds is 7. The van der Waals surface area contributed by atoms with Crippen LogP contribution in [-0.2, 0) is 21.5 Å². The van der Waals surface area contributed by atoms with Gasteiger partial charge in [0, 0.05) is 6.54 Å². The minimum atomic E-state index is -10.1. The average molecular weight is 592 g/mol. The van der Waals surface area contributed by atoms with Crippen molar-refractivity contribution in [3.8, 4) is 17.8 Å². The number of methoxy groups -OCH3 is 1. The fourth-order valence-corrected chi connectivity index (χ4v) is 5.51. The number of esters is 1. The number of nitrogens with zero attached hydrogens (tertiary/aromatic N) is 4. The molecule has 0 unspecified atom stereocenters. The van der Waals surface area contributed by atoms with Gasteiger partial charge < -0.3 is 10.1 Å². The third-order valence-corrected chi connectivity index (χ3v) is 7.66. The molecule has 0 aliphatic heterocycles. The molecule has 0 amide bonds. The highest BCUT2D eigenvalue weighted by Gasteiger charge is 2.65. The number of nitriles is 2. The summed E-state index contributed by atoms with van der Waals surface area (Å²) < 4.78 is 73.0. The second-order valence-electron chi connectivity index (χ2n) is 8.54. The van der Waals surface area contributed by atoms with Crippen molar-refractivity contribution in [3.63, 3.8) is 0 Å². The van der Waals surface area contributed by atoms with Gasteiger partial charge in [-0.25, -0.2) is 4.68 Å². The van der Waals surface area contributed by atoms with Gasteiger partial charge >= 0.3 is 16.2 Å². The summed E-state index contributed by atoms with van der Waals surface area (Å²) in [6.45, 7) is 0.00905. The second-order valence-corrected chi connectivity index (χ2v) is 11.8. The molecule has 0 bridgehead atoms. The Morgan fingerprint density at radius 1 is 1.13 bits per heavy atom. The number of carbonyl (C=O) groups excluding carboxylic acids is 1. The number of ether oxygens (including phenoxy) is 1. The Hall–Kier alpha value is -3.52. The predicted octanol–water partition coefficient (Wildman–Crippen LogP) is 7.40. The van der Waals surface area contributed by atoms with Crippen LogP contribution in [0, 0.1) is 22.7 Å². The first kappa shape index (κ1) is 27.5. The zero-order valence-corrected chi connectivity index (χ0v) is 21.6. The number of hydrogen-bond acceptors (Lipinski definition) is 6. The van der Waals surface area contributed by atoms with E-state index in [9.17, 15) is 29.5 Å². The Kier molecular flexibility index (Phi) is 6.15. The molecule has 200 valence electrons. The van der Waals surface area contributed by atoms with Gasteiger partial charge in [0.1, 0.15) is 22.5 Å². The first-order valence-electron chi connectivity index (χ1n) is 10.6. The normalized spacial score (nSPS) is 15.9. The molecule has 0 spiro atoms. The minimum Gasteiger partial charge on any atom is -0.468 e. The zero-order valence-electron chi connectivity index (χ0n) is 19.2. The van der Waals surface area contributed by atoms with Gasteiger partial charge in [0.15, 0.2) is 5.69 Å². The number of nitrogens with one attached hydrogen (secondary N) is 1. The molecule has 1 saturated carbocycles. The van der Waals surface area contributed by atoms with E-state index in [2.05, 4.69) is 10.4 Å². The molecule has 3 aromatic rings. The largest absolute Gasteiger partial charge is 0.468 e. The zero-order chi connectivity index (χ0) is 28.2. The Balaban J connectivity index is 1.94. The quantitative estimate of drug-likeness (QED) is 0.227. The summed E-state index contributed by atoms with van der Waals surface area (Å²) in [6, 6.07) is 10.3. The van der Waals surface area contributed by atoms with Crippen LogP contribution in [0.4, 0.5) is 25.2 Å². The predicted molar refractivity (Wildman–Crippen MR) is 131 cm³/mol. The summed E-state index contributed by atoms with van der Waals surface area (Å²) in [4.78, 5) is 10.4. The lowest BCUT2D eigenvalue weighted by molar-refractivity contribution is -0.143. The monoisotopic (exact) mass is 591 g/mol. The lowest BCUT2D eigenvalue weighted by Gasteiger charge is -2.40. The molecule has 15 heteroatoms. The summed E-state index contributed by atoms with van der Waals surface area (Å²) in [5, 5.41) is 24.4. The molecule has 0 atom stereocenters. The van der Waals surface area contributed by atoms with E-state index in [1.165, 1.54) is 0 Å². The molecule has 7 nitrogen and oxygen atoms in total. The average Bonchev–Trinajstić information content (AvgIpc) is 3.56. The molecule has 2 aromatic carbocycles. The minimum absolute atomic E-state index is 0.00905. The number of halogens is 7. The van der Waals surface area contributed by atoms with Crippen molar-refractivity contribution in [2.75, 3.05) is 12.4 Å². The van der Waals surface area contributed by atoms with Gasteiger partial charge in [0.05, 0.1) is 39.8 Å². The van der Waals surface area contributed by atoms with Crippen LogP contribution >= 0.6 is 33.4 Å². The lowest BCUT2D eigenvalue weighted by atomic mass is 9.95. The highest BCUT2D eigenvalue weighted by atomic mass is 35.5. The van der Waals surface area contributed by atoms with Crippen LogP contribution in [0.1, 0.15) is 35.2 Å². The van der Waals surface area contributed by atoms with E-state index in [-0.39, 0.29) is 48.6 Å².